The van der Waals surface area contributed by atoms with Gasteiger partial charge >= 0.3 is 5.97 Å². The first-order valence-corrected chi connectivity index (χ1v) is 14.6. The van der Waals surface area contributed by atoms with Crippen LogP contribution in [0, 0.1) is 0 Å². The van der Waals surface area contributed by atoms with E-state index in [1.54, 1.807) is 6.07 Å². The van der Waals surface area contributed by atoms with Crippen molar-refractivity contribution in [1.82, 2.24) is 4.90 Å². The number of carbonyl (C=O) groups is 3. The fraction of sp³-hybridized carbons (Fsp3) is 0.345. The van der Waals surface area contributed by atoms with Crippen molar-refractivity contribution in [1.29, 1.82) is 0 Å². The molecule has 0 saturated carbocycles. The van der Waals surface area contributed by atoms with Gasteiger partial charge in [0.05, 0.1) is 10.9 Å². The molecule has 3 aliphatic rings. The molecule has 1 heterocycles. The number of carboxylic acid groups (broad SMARTS) is 1. The van der Waals surface area contributed by atoms with Crippen molar-refractivity contribution in [3.05, 3.63) is 84.0 Å². The molecule has 0 amide bonds. The van der Waals surface area contributed by atoms with Crippen LogP contribution in [0.2, 0.25) is 5.02 Å². The second kappa shape index (κ2) is 11.4. The molecule has 0 saturated heterocycles. The molecule has 0 fully saturated rings. The fourth-order valence-corrected chi connectivity index (χ4v) is 7.28. The maximum atomic E-state index is 13.6. The number of nitrogens with zero attached hydrogens (tertiary/aromatic N) is 1. The van der Waals surface area contributed by atoms with Crippen LogP contribution in [0.5, 0.6) is 5.75 Å². The molecular weight excluding hydrogens is 638 g/mol. The molecule has 38 heavy (non-hydrogen) atoms. The van der Waals surface area contributed by atoms with E-state index in [1.807, 2.05) is 35.2 Å². The number of hydrogen-bond acceptors (Lipinski definition) is 5. The first-order valence-electron chi connectivity index (χ1n) is 12.6. The zero-order valence-corrected chi connectivity index (χ0v) is 24.5. The number of carboxylic acids is 1. The molecule has 2 aromatic carbocycles. The summed E-state index contributed by atoms with van der Waals surface area (Å²) in [4.78, 5) is 40.6. The lowest BCUT2D eigenvalue weighted by Crippen LogP contribution is -2.40. The molecule has 198 valence electrons. The number of aliphatic carboxylic acids is 1. The predicted molar refractivity (Wildman–Crippen MR) is 151 cm³/mol. The summed E-state index contributed by atoms with van der Waals surface area (Å²) in [6, 6.07) is 11.3. The first-order chi connectivity index (χ1) is 18.3. The van der Waals surface area contributed by atoms with Gasteiger partial charge in [-0.25, -0.2) is 0 Å². The number of allylic oxidation sites excluding steroid dienone is 4. The van der Waals surface area contributed by atoms with Crippen molar-refractivity contribution in [2.75, 3.05) is 6.54 Å². The third kappa shape index (κ3) is 5.23. The molecule has 1 aliphatic heterocycles. The van der Waals surface area contributed by atoms with Gasteiger partial charge in [0.1, 0.15) is 12.4 Å². The highest BCUT2D eigenvalue weighted by Gasteiger charge is 2.44. The van der Waals surface area contributed by atoms with Crippen molar-refractivity contribution in [2.45, 2.75) is 57.5 Å². The molecule has 1 N–H and O–H groups in total. The van der Waals surface area contributed by atoms with Crippen LogP contribution >= 0.6 is 43.5 Å². The van der Waals surface area contributed by atoms with Gasteiger partial charge in [0.15, 0.2) is 11.6 Å². The number of rotatable bonds is 7. The predicted octanol–water partition coefficient (Wildman–Crippen LogP) is 7.33. The average molecular weight is 664 g/mol. The van der Waals surface area contributed by atoms with Crippen LogP contribution in [-0.2, 0) is 21.0 Å². The molecule has 0 aromatic heterocycles. The lowest BCUT2D eigenvalue weighted by molar-refractivity contribution is -0.137. The highest BCUT2D eigenvalue weighted by atomic mass is 79.9. The summed E-state index contributed by atoms with van der Waals surface area (Å²) in [6.07, 6.45) is 3.43. The molecule has 0 unspecified atom stereocenters. The van der Waals surface area contributed by atoms with Gasteiger partial charge in [-0.15, -0.1) is 0 Å². The van der Waals surface area contributed by atoms with Crippen molar-refractivity contribution < 1.29 is 24.2 Å². The molecule has 2 aliphatic carbocycles. The summed E-state index contributed by atoms with van der Waals surface area (Å²) in [6.45, 7) is 0.447. The van der Waals surface area contributed by atoms with Gasteiger partial charge in [0, 0.05) is 68.5 Å². The molecule has 0 atom stereocenters. The largest absolute Gasteiger partial charge is 0.487 e. The van der Waals surface area contributed by atoms with Crippen LogP contribution < -0.4 is 4.74 Å². The number of hydrogen-bond donors (Lipinski definition) is 1. The van der Waals surface area contributed by atoms with E-state index in [4.69, 9.17) is 16.3 Å². The Balaban J connectivity index is 1.68. The SMILES string of the molecule is O=C(O)CCN1C2=C(C(=O)CCC2)C(c2cc(Br)cc(Br)c2OCc2ccccc2Cl)C2=C1CCCC2=O. The summed E-state index contributed by atoms with van der Waals surface area (Å²) in [5, 5.41) is 10.0. The van der Waals surface area contributed by atoms with E-state index < -0.39 is 11.9 Å². The average Bonchev–Trinajstić information content (AvgIpc) is 2.87. The van der Waals surface area contributed by atoms with E-state index in [-0.39, 0.29) is 31.1 Å². The molecule has 0 radical (unpaired) electrons. The van der Waals surface area contributed by atoms with Crippen molar-refractivity contribution in [3.63, 3.8) is 0 Å². The van der Waals surface area contributed by atoms with Crippen LogP contribution in [-0.4, -0.2) is 34.1 Å². The monoisotopic (exact) mass is 661 g/mol. The van der Waals surface area contributed by atoms with E-state index in [9.17, 15) is 19.5 Å². The van der Waals surface area contributed by atoms with Crippen molar-refractivity contribution in [3.8, 4) is 5.75 Å². The van der Waals surface area contributed by atoms with Crippen molar-refractivity contribution >= 4 is 61.0 Å². The Labute approximate surface area is 242 Å². The lowest BCUT2D eigenvalue weighted by atomic mass is 9.70. The second-order valence-electron chi connectivity index (χ2n) is 9.69. The molecule has 0 bridgehead atoms. The third-order valence-electron chi connectivity index (χ3n) is 7.31. The Hall–Kier alpha value is -2.42. The summed E-state index contributed by atoms with van der Waals surface area (Å²) < 4.78 is 7.85. The summed E-state index contributed by atoms with van der Waals surface area (Å²) >= 11 is 13.6. The highest BCUT2D eigenvalue weighted by Crippen LogP contribution is 2.52. The smallest absolute Gasteiger partial charge is 0.305 e. The number of halogens is 3. The number of ether oxygens (including phenoxy) is 1. The fourth-order valence-electron chi connectivity index (χ4n) is 5.72. The molecule has 2 aromatic rings. The van der Waals surface area contributed by atoms with Crippen LogP contribution in [0.3, 0.4) is 0 Å². The molecule has 9 heteroatoms. The Morgan fingerprint density at radius 1 is 1.00 bits per heavy atom. The number of Topliss-reactive ketones (excluding diaryl/α,β-unsaturated/α-hetero) is 2. The second-order valence-corrected chi connectivity index (χ2v) is 11.9. The van der Waals surface area contributed by atoms with E-state index in [0.29, 0.717) is 64.9 Å². The zero-order valence-electron chi connectivity index (χ0n) is 20.6. The standard InChI is InChI=1S/C29H26Br2ClNO5/c30-17-13-18(29(19(31)14-17)38-15-16-5-1-2-6-20(16)32)26-27-21(7-3-9-23(27)34)33(12-11-25(36)37)22-8-4-10-24(35)28(22)26/h1-2,5-6,13-14,26H,3-4,7-12,15H2,(H,36,37). The Bertz CT molecular complexity index is 1360. The summed E-state index contributed by atoms with van der Waals surface area (Å²) in [5.74, 6) is -0.958. The van der Waals surface area contributed by atoms with Gasteiger partial charge < -0.3 is 14.7 Å². The summed E-state index contributed by atoms with van der Waals surface area (Å²) in [7, 11) is 0. The maximum absolute atomic E-state index is 13.6. The number of ketones is 2. The summed E-state index contributed by atoms with van der Waals surface area (Å²) in [5.41, 5.74) is 4.40. The number of carbonyl (C=O) groups excluding carboxylic acids is 2. The van der Waals surface area contributed by atoms with Gasteiger partial charge in [0.2, 0.25) is 0 Å². The van der Waals surface area contributed by atoms with Gasteiger partial charge in [-0.3, -0.25) is 14.4 Å². The van der Waals surface area contributed by atoms with Gasteiger partial charge in [-0.2, -0.15) is 0 Å². The lowest BCUT2D eigenvalue weighted by Gasteiger charge is -2.44. The topological polar surface area (TPSA) is 83.9 Å². The van der Waals surface area contributed by atoms with Crippen LogP contribution in [0.1, 0.15) is 62.0 Å². The molecule has 0 spiro atoms. The minimum atomic E-state index is -0.910. The normalized spacial score (nSPS) is 18.0. The minimum absolute atomic E-state index is 0.00495. The van der Waals surface area contributed by atoms with E-state index in [0.717, 1.165) is 27.0 Å². The first kappa shape index (κ1) is 27.2. The highest BCUT2D eigenvalue weighted by molar-refractivity contribution is 9.11. The Kier molecular flexibility index (Phi) is 8.12. The van der Waals surface area contributed by atoms with E-state index in [2.05, 4.69) is 31.9 Å². The van der Waals surface area contributed by atoms with E-state index in [1.165, 1.54) is 0 Å². The Morgan fingerprint density at radius 3 is 2.24 bits per heavy atom. The van der Waals surface area contributed by atoms with Crippen LogP contribution in [0.4, 0.5) is 0 Å². The van der Waals surface area contributed by atoms with Gasteiger partial charge in [-0.05, 0) is 59.8 Å². The molecule has 6 nitrogen and oxygen atoms in total. The van der Waals surface area contributed by atoms with E-state index >= 15 is 0 Å². The van der Waals surface area contributed by atoms with Gasteiger partial charge in [-0.1, -0.05) is 45.7 Å². The maximum Gasteiger partial charge on any atom is 0.305 e. The number of benzene rings is 2. The van der Waals surface area contributed by atoms with Crippen molar-refractivity contribution in [2.24, 2.45) is 0 Å². The van der Waals surface area contributed by atoms with Crippen LogP contribution in [0.25, 0.3) is 0 Å². The Morgan fingerprint density at radius 2 is 1.63 bits per heavy atom. The molecular formula is C29H26Br2ClNO5. The minimum Gasteiger partial charge on any atom is -0.487 e. The third-order valence-corrected chi connectivity index (χ3v) is 8.73. The quantitative estimate of drug-likeness (QED) is 0.334. The molecule has 5 rings (SSSR count). The zero-order chi connectivity index (χ0) is 27.0. The van der Waals surface area contributed by atoms with Gasteiger partial charge in [0.25, 0.3) is 0 Å². The van der Waals surface area contributed by atoms with Crippen LogP contribution in [0.15, 0.2) is 67.9 Å².